The molecule has 230 valence electrons. The molecule has 2 aromatic carbocycles. The van der Waals surface area contributed by atoms with E-state index >= 15 is 0 Å². The van der Waals surface area contributed by atoms with Crippen LogP contribution in [-0.4, -0.2) is 59.5 Å². The van der Waals surface area contributed by atoms with Crippen LogP contribution in [0.4, 0.5) is 11.4 Å². The number of nitrogens with zero attached hydrogens (tertiary/aromatic N) is 1. The Kier molecular flexibility index (Phi) is 12.4. The minimum absolute atomic E-state index is 0.338. The number of aromatic nitrogens is 1. The van der Waals surface area contributed by atoms with E-state index in [0.29, 0.717) is 45.9 Å². The maximum atomic E-state index is 12.6. The number of pyridine rings is 1. The number of methoxy groups -OCH3 is 6. The van der Waals surface area contributed by atoms with Crippen molar-refractivity contribution in [3.63, 3.8) is 0 Å². The highest BCUT2D eigenvalue weighted by molar-refractivity contribution is 6.06. The molecule has 3 rings (SSSR count). The zero-order valence-corrected chi connectivity index (χ0v) is 25.4. The van der Waals surface area contributed by atoms with Crippen LogP contribution in [0, 0.1) is 0 Å². The number of allylic oxidation sites excluding steroid dienone is 4. The standard InChI is InChI=1S/C33H35N3O8/c1-39-26-17-22(18-27(40-2)32(26)43-5)11-7-9-13-30(37)35-24-15-16-34-21-25(24)36-31(38)14-10-8-12-23-19-28(41-3)33(44-6)29(20-23)42-4/h7-21H,1-6H3,(H,36,38)(H,34,35,37)/b11-7+,12-8+,13-9+,14-10+. The highest BCUT2D eigenvalue weighted by Gasteiger charge is 2.13. The van der Waals surface area contributed by atoms with Gasteiger partial charge in [0.25, 0.3) is 0 Å². The second kappa shape index (κ2) is 16.7. The number of benzene rings is 2. The predicted octanol–water partition coefficient (Wildman–Crippen LogP) is 5.55. The van der Waals surface area contributed by atoms with Gasteiger partial charge in [0.05, 0.1) is 60.2 Å². The van der Waals surface area contributed by atoms with Crippen LogP contribution in [-0.2, 0) is 9.59 Å². The van der Waals surface area contributed by atoms with E-state index in [1.165, 1.54) is 67.2 Å². The zero-order chi connectivity index (χ0) is 31.9. The van der Waals surface area contributed by atoms with E-state index < -0.39 is 11.8 Å². The number of hydrogen-bond acceptors (Lipinski definition) is 9. The summed E-state index contributed by atoms with van der Waals surface area (Å²) in [7, 11) is 9.22. The molecule has 11 heteroatoms. The third-order valence-electron chi connectivity index (χ3n) is 6.01. The lowest BCUT2D eigenvalue weighted by Gasteiger charge is -2.12. The van der Waals surface area contributed by atoms with Crippen LogP contribution in [0.2, 0.25) is 0 Å². The van der Waals surface area contributed by atoms with Crippen LogP contribution in [0.5, 0.6) is 34.5 Å². The van der Waals surface area contributed by atoms with E-state index in [4.69, 9.17) is 28.4 Å². The lowest BCUT2D eigenvalue weighted by molar-refractivity contribution is -0.112. The fourth-order valence-corrected chi connectivity index (χ4v) is 3.97. The van der Waals surface area contributed by atoms with Gasteiger partial charge in [0.1, 0.15) is 0 Å². The number of hydrogen-bond donors (Lipinski definition) is 2. The molecular formula is C33H35N3O8. The monoisotopic (exact) mass is 601 g/mol. The SMILES string of the molecule is COc1cc(/C=C/C=C/C(=O)Nc2ccncc2NC(=O)/C=C/C=C/c2cc(OC)c(OC)c(OC)c2)cc(OC)c1OC. The van der Waals surface area contributed by atoms with Gasteiger partial charge in [0.2, 0.25) is 23.3 Å². The van der Waals surface area contributed by atoms with Gasteiger partial charge in [-0.15, -0.1) is 0 Å². The van der Waals surface area contributed by atoms with Gasteiger partial charge in [-0.05, 0) is 41.5 Å². The van der Waals surface area contributed by atoms with Gasteiger partial charge in [-0.2, -0.15) is 0 Å². The Balaban J connectivity index is 1.61. The highest BCUT2D eigenvalue weighted by atomic mass is 16.5. The topological polar surface area (TPSA) is 126 Å². The normalized spacial score (nSPS) is 11.2. The first kappa shape index (κ1) is 32.8. The summed E-state index contributed by atoms with van der Waals surface area (Å²) in [5.74, 6) is 2.24. The summed E-state index contributed by atoms with van der Waals surface area (Å²) in [4.78, 5) is 29.1. The predicted molar refractivity (Wildman–Crippen MR) is 170 cm³/mol. The van der Waals surface area contributed by atoms with E-state index in [1.807, 2.05) is 0 Å². The van der Waals surface area contributed by atoms with Crippen molar-refractivity contribution in [2.75, 3.05) is 53.3 Å². The van der Waals surface area contributed by atoms with Gasteiger partial charge in [-0.25, -0.2) is 0 Å². The van der Waals surface area contributed by atoms with Crippen LogP contribution in [0.25, 0.3) is 12.2 Å². The molecule has 0 saturated carbocycles. The van der Waals surface area contributed by atoms with Crippen molar-refractivity contribution < 1.29 is 38.0 Å². The average molecular weight is 602 g/mol. The van der Waals surface area contributed by atoms with Crippen molar-refractivity contribution in [2.45, 2.75) is 0 Å². The summed E-state index contributed by atoms with van der Waals surface area (Å²) in [6.45, 7) is 0. The van der Waals surface area contributed by atoms with Crippen molar-refractivity contribution in [1.29, 1.82) is 0 Å². The van der Waals surface area contributed by atoms with E-state index in [0.717, 1.165) is 11.1 Å². The Morgan fingerprint density at radius 2 is 1.00 bits per heavy atom. The first-order valence-corrected chi connectivity index (χ1v) is 13.2. The molecule has 0 aliphatic rings. The minimum Gasteiger partial charge on any atom is -0.493 e. The first-order valence-electron chi connectivity index (χ1n) is 13.2. The summed E-state index contributed by atoms with van der Waals surface area (Å²) in [5.41, 5.74) is 2.30. The molecule has 0 unspecified atom stereocenters. The number of nitrogens with one attached hydrogen (secondary N) is 2. The molecule has 2 amide bonds. The van der Waals surface area contributed by atoms with Gasteiger partial charge in [0.15, 0.2) is 23.0 Å². The van der Waals surface area contributed by atoms with Crippen molar-refractivity contribution >= 4 is 35.3 Å². The Bertz CT molecular complexity index is 1410. The van der Waals surface area contributed by atoms with Gasteiger partial charge in [-0.1, -0.05) is 36.5 Å². The number of carbonyl (C=O) groups excluding carboxylic acids is 2. The van der Waals surface area contributed by atoms with Crippen LogP contribution in [0.1, 0.15) is 11.1 Å². The van der Waals surface area contributed by atoms with E-state index in [9.17, 15) is 9.59 Å². The maximum absolute atomic E-state index is 12.6. The molecule has 0 bridgehead atoms. The molecule has 0 atom stereocenters. The molecule has 0 fully saturated rings. The van der Waals surface area contributed by atoms with Crippen molar-refractivity contribution in [3.8, 4) is 34.5 Å². The summed E-state index contributed by atoms with van der Waals surface area (Å²) in [6.07, 6.45) is 15.8. The van der Waals surface area contributed by atoms with Crippen LogP contribution in [0.15, 0.2) is 79.2 Å². The third-order valence-corrected chi connectivity index (χ3v) is 6.01. The third kappa shape index (κ3) is 8.89. The quantitative estimate of drug-likeness (QED) is 0.181. The Morgan fingerprint density at radius 1 is 0.591 bits per heavy atom. The second-order valence-corrected chi connectivity index (χ2v) is 8.75. The Labute approximate surface area is 256 Å². The van der Waals surface area contributed by atoms with E-state index in [1.54, 1.807) is 66.8 Å². The molecule has 11 nitrogen and oxygen atoms in total. The van der Waals surface area contributed by atoms with Gasteiger partial charge in [-0.3, -0.25) is 14.6 Å². The van der Waals surface area contributed by atoms with Gasteiger partial charge >= 0.3 is 0 Å². The number of anilines is 2. The molecule has 0 aliphatic heterocycles. The Hall–Kier alpha value is -5.71. The minimum atomic E-state index is -0.410. The molecule has 1 aromatic heterocycles. The fourth-order valence-electron chi connectivity index (χ4n) is 3.97. The van der Waals surface area contributed by atoms with Gasteiger partial charge < -0.3 is 39.1 Å². The summed E-state index contributed by atoms with van der Waals surface area (Å²) in [6, 6.07) is 8.73. The molecule has 0 radical (unpaired) electrons. The number of carbonyl (C=O) groups is 2. The summed E-state index contributed by atoms with van der Waals surface area (Å²) < 4.78 is 32.1. The lowest BCUT2D eigenvalue weighted by Crippen LogP contribution is -2.13. The summed E-state index contributed by atoms with van der Waals surface area (Å²) in [5, 5.41) is 5.46. The van der Waals surface area contributed by atoms with E-state index in [-0.39, 0.29) is 0 Å². The van der Waals surface area contributed by atoms with Crippen LogP contribution < -0.4 is 39.1 Å². The van der Waals surface area contributed by atoms with Crippen molar-refractivity contribution in [2.24, 2.45) is 0 Å². The lowest BCUT2D eigenvalue weighted by atomic mass is 10.1. The fraction of sp³-hybridized carbons (Fsp3) is 0.182. The number of ether oxygens (including phenoxy) is 6. The largest absolute Gasteiger partial charge is 0.493 e. The molecule has 2 N–H and O–H groups in total. The maximum Gasteiger partial charge on any atom is 0.248 e. The second-order valence-electron chi connectivity index (χ2n) is 8.75. The smallest absolute Gasteiger partial charge is 0.248 e. The zero-order valence-electron chi connectivity index (χ0n) is 25.4. The molecule has 44 heavy (non-hydrogen) atoms. The van der Waals surface area contributed by atoms with Crippen molar-refractivity contribution in [1.82, 2.24) is 4.98 Å². The first-order chi connectivity index (χ1) is 21.4. The molecular weight excluding hydrogens is 566 g/mol. The highest BCUT2D eigenvalue weighted by Crippen LogP contribution is 2.39. The van der Waals surface area contributed by atoms with Crippen LogP contribution >= 0.6 is 0 Å². The molecule has 0 saturated heterocycles. The summed E-state index contributed by atoms with van der Waals surface area (Å²) >= 11 is 0. The molecule has 3 aromatic rings. The molecule has 0 aliphatic carbocycles. The van der Waals surface area contributed by atoms with Gasteiger partial charge in [0, 0.05) is 18.3 Å². The Morgan fingerprint density at radius 3 is 1.39 bits per heavy atom. The molecule has 1 heterocycles. The molecule has 0 spiro atoms. The number of amides is 2. The van der Waals surface area contributed by atoms with Crippen molar-refractivity contribution in [3.05, 3.63) is 90.3 Å². The van der Waals surface area contributed by atoms with Crippen LogP contribution in [0.3, 0.4) is 0 Å². The average Bonchev–Trinajstić information content (AvgIpc) is 3.04. The van der Waals surface area contributed by atoms with E-state index in [2.05, 4.69) is 15.6 Å². The number of rotatable bonds is 14.